The van der Waals surface area contributed by atoms with Gasteiger partial charge in [0.2, 0.25) is 0 Å². The van der Waals surface area contributed by atoms with Crippen LogP contribution in [0.5, 0.6) is 0 Å². The highest BCUT2D eigenvalue weighted by molar-refractivity contribution is 5.94. The number of nitrogens with zero attached hydrogens (tertiary/aromatic N) is 3. The summed E-state index contributed by atoms with van der Waals surface area (Å²) in [7, 11) is 1.64. The third kappa shape index (κ3) is 4.20. The Labute approximate surface area is 160 Å². The van der Waals surface area contributed by atoms with Gasteiger partial charge < -0.3 is 14.8 Å². The van der Waals surface area contributed by atoms with E-state index < -0.39 is 0 Å². The van der Waals surface area contributed by atoms with E-state index in [9.17, 15) is 4.79 Å². The minimum atomic E-state index is -0.136. The molecule has 0 saturated heterocycles. The maximum Gasteiger partial charge on any atom is 0.270 e. The molecule has 3 heterocycles. The Hall–Kier alpha value is -2.25. The van der Waals surface area contributed by atoms with E-state index in [1.54, 1.807) is 11.8 Å². The zero-order chi connectivity index (χ0) is 19.6. The Morgan fingerprint density at radius 3 is 2.89 bits per heavy atom. The van der Waals surface area contributed by atoms with Gasteiger partial charge in [-0.2, -0.15) is 5.10 Å². The van der Waals surface area contributed by atoms with Gasteiger partial charge in [-0.25, -0.2) is 0 Å². The van der Waals surface area contributed by atoms with Gasteiger partial charge in [0.25, 0.3) is 5.91 Å². The molecule has 1 N–H and O–H groups in total. The average molecular weight is 372 g/mol. The second kappa shape index (κ2) is 8.19. The number of nitrogens with one attached hydrogen (secondary N) is 1. The van der Waals surface area contributed by atoms with Gasteiger partial charge in [0, 0.05) is 25.3 Å². The van der Waals surface area contributed by atoms with Crippen LogP contribution in [0.4, 0.5) is 0 Å². The van der Waals surface area contributed by atoms with Crippen molar-refractivity contribution < 1.29 is 14.3 Å². The smallest absolute Gasteiger partial charge is 0.270 e. The zero-order valence-corrected chi connectivity index (χ0v) is 16.7. The Bertz CT molecular complexity index is 831. The molecule has 1 aliphatic heterocycles. The summed E-state index contributed by atoms with van der Waals surface area (Å²) in [6.45, 7) is 9.41. The summed E-state index contributed by atoms with van der Waals surface area (Å²) in [6, 6.07) is 2.07. The molecule has 0 saturated carbocycles. The molecule has 3 rings (SSSR count). The largest absolute Gasteiger partial charge is 0.383 e. The number of hydrogen-bond acceptors (Lipinski definition) is 5. The van der Waals surface area contributed by atoms with Crippen molar-refractivity contribution in [1.29, 1.82) is 0 Å². The molecule has 2 aromatic heterocycles. The van der Waals surface area contributed by atoms with Gasteiger partial charge in [-0.05, 0) is 38.8 Å². The predicted molar refractivity (Wildman–Crippen MR) is 102 cm³/mol. The molecule has 7 nitrogen and oxygen atoms in total. The number of amides is 1. The van der Waals surface area contributed by atoms with Crippen LogP contribution in [0, 0.1) is 13.8 Å². The van der Waals surface area contributed by atoms with Crippen molar-refractivity contribution >= 4 is 5.91 Å². The summed E-state index contributed by atoms with van der Waals surface area (Å²) < 4.78 is 12.8. The number of fused-ring (bicyclic) bond motifs is 1. The van der Waals surface area contributed by atoms with Crippen LogP contribution in [0.1, 0.15) is 58.5 Å². The Balaban J connectivity index is 1.86. The van der Waals surface area contributed by atoms with E-state index in [0.29, 0.717) is 31.8 Å². The molecule has 0 spiro atoms. The monoisotopic (exact) mass is 372 g/mol. The van der Waals surface area contributed by atoms with Crippen molar-refractivity contribution in [2.75, 3.05) is 13.7 Å². The van der Waals surface area contributed by atoms with Gasteiger partial charge in [0.1, 0.15) is 5.69 Å². The van der Waals surface area contributed by atoms with E-state index in [4.69, 9.17) is 9.47 Å². The van der Waals surface area contributed by atoms with Crippen molar-refractivity contribution in [2.45, 2.75) is 59.4 Å². The van der Waals surface area contributed by atoms with Crippen LogP contribution in [0.15, 0.2) is 12.3 Å². The fourth-order valence-electron chi connectivity index (χ4n) is 3.56. The van der Waals surface area contributed by atoms with E-state index in [-0.39, 0.29) is 18.1 Å². The first kappa shape index (κ1) is 19.5. The van der Waals surface area contributed by atoms with Gasteiger partial charge in [-0.15, -0.1) is 0 Å². The first-order valence-corrected chi connectivity index (χ1v) is 9.35. The van der Waals surface area contributed by atoms with E-state index in [1.807, 2.05) is 33.9 Å². The normalized spacial score (nSPS) is 19.0. The summed E-state index contributed by atoms with van der Waals surface area (Å²) >= 11 is 0. The number of methoxy groups -OCH3 is 1. The number of carbonyl (C=O) groups excluding carboxylic acids is 1. The molecule has 1 aliphatic rings. The fraction of sp³-hybridized carbons (Fsp3) is 0.550. The highest BCUT2D eigenvalue weighted by Gasteiger charge is 2.32. The summed E-state index contributed by atoms with van der Waals surface area (Å²) in [5.74, 6) is -0.136. The molecule has 0 aromatic carbocycles. The van der Waals surface area contributed by atoms with Crippen LogP contribution in [-0.4, -0.2) is 40.5 Å². The summed E-state index contributed by atoms with van der Waals surface area (Å²) in [6.07, 6.45) is 2.43. The van der Waals surface area contributed by atoms with Crippen LogP contribution >= 0.6 is 0 Å². The molecule has 0 bridgehead atoms. The van der Waals surface area contributed by atoms with Gasteiger partial charge in [-0.3, -0.25) is 14.5 Å². The second-order valence-electron chi connectivity index (χ2n) is 7.18. The average Bonchev–Trinajstić information content (AvgIpc) is 2.97. The molecule has 0 radical (unpaired) electrons. The SMILES string of the molecule is COCCn1nc2c(c1C(=O)NCc1ncc(C)cc1C)C[C@H](C)O[C@@H]2C. The van der Waals surface area contributed by atoms with Crippen LogP contribution in [0.2, 0.25) is 0 Å². The first-order chi connectivity index (χ1) is 12.9. The van der Waals surface area contributed by atoms with Crippen LogP contribution in [0.25, 0.3) is 0 Å². The van der Waals surface area contributed by atoms with Gasteiger partial charge in [0.05, 0.1) is 43.3 Å². The van der Waals surface area contributed by atoms with Gasteiger partial charge >= 0.3 is 0 Å². The third-order valence-corrected chi connectivity index (χ3v) is 4.86. The van der Waals surface area contributed by atoms with Crippen LogP contribution in [-0.2, 0) is 29.0 Å². The molecule has 2 atom stereocenters. The van der Waals surface area contributed by atoms with Crippen molar-refractivity contribution in [3.05, 3.63) is 46.0 Å². The maximum absolute atomic E-state index is 13.0. The maximum atomic E-state index is 13.0. The number of pyridine rings is 1. The molecule has 2 aromatic rings. The topological polar surface area (TPSA) is 78.3 Å². The fourth-order valence-corrected chi connectivity index (χ4v) is 3.56. The van der Waals surface area contributed by atoms with Crippen molar-refractivity contribution in [3.63, 3.8) is 0 Å². The number of aromatic nitrogens is 3. The number of aryl methyl sites for hydroxylation is 2. The standard InChI is InChI=1S/C20H28N4O3/c1-12-8-13(2)17(21-10-12)11-22-20(25)19-16-9-14(3)27-15(4)18(16)23-24(19)6-7-26-5/h8,10,14-15H,6-7,9,11H2,1-5H3,(H,22,25)/t14-,15+/m0/s1. The number of rotatable bonds is 6. The lowest BCUT2D eigenvalue weighted by Crippen LogP contribution is -2.29. The molecule has 1 amide bonds. The van der Waals surface area contributed by atoms with E-state index in [0.717, 1.165) is 28.1 Å². The molecule has 7 heteroatoms. The van der Waals surface area contributed by atoms with Gasteiger partial charge in [-0.1, -0.05) is 6.07 Å². The highest BCUT2D eigenvalue weighted by atomic mass is 16.5. The quantitative estimate of drug-likeness (QED) is 0.843. The Morgan fingerprint density at radius 1 is 1.41 bits per heavy atom. The lowest BCUT2D eigenvalue weighted by molar-refractivity contribution is -0.00716. The predicted octanol–water partition coefficient (Wildman–Crippen LogP) is 2.49. The molecule has 0 fully saturated rings. The second-order valence-corrected chi connectivity index (χ2v) is 7.18. The number of ether oxygens (including phenoxy) is 2. The summed E-state index contributed by atoms with van der Waals surface area (Å²) in [5, 5.41) is 7.66. The lowest BCUT2D eigenvalue weighted by Gasteiger charge is -2.24. The minimum absolute atomic E-state index is 0.0557. The van der Waals surface area contributed by atoms with E-state index >= 15 is 0 Å². The Kier molecular flexibility index (Phi) is 5.92. The minimum Gasteiger partial charge on any atom is -0.383 e. The zero-order valence-electron chi connectivity index (χ0n) is 16.7. The molecule has 0 aliphatic carbocycles. The van der Waals surface area contributed by atoms with Crippen LogP contribution in [0.3, 0.4) is 0 Å². The summed E-state index contributed by atoms with van der Waals surface area (Å²) in [4.78, 5) is 17.5. The molecule has 0 unspecified atom stereocenters. The highest BCUT2D eigenvalue weighted by Crippen LogP contribution is 2.31. The third-order valence-electron chi connectivity index (χ3n) is 4.86. The first-order valence-electron chi connectivity index (χ1n) is 9.35. The number of carbonyl (C=O) groups is 1. The molecular formula is C20H28N4O3. The van der Waals surface area contributed by atoms with Crippen LogP contribution < -0.4 is 5.32 Å². The molecular weight excluding hydrogens is 344 g/mol. The molecule has 146 valence electrons. The number of hydrogen-bond donors (Lipinski definition) is 1. The van der Waals surface area contributed by atoms with E-state index in [2.05, 4.69) is 21.5 Å². The van der Waals surface area contributed by atoms with Crippen molar-refractivity contribution in [3.8, 4) is 0 Å². The van der Waals surface area contributed by atoms with Crippen molar-refractivity contribution in [1.82, 2.24) is 20.1 Å². The molecule has 27 heavy (non-hydrogen) atoms. The summed E-state index contributed by atoms with van der Waals surface area (Å²) in [5.41, 5.74) is 5.48. The van der Waals surface area contributed by atoms with E-state index in [1.165, 1.54) is 0 Å². The Morgan fingerprint density at radius 2 is 2.19 bits per heavy atom. The van der Waals surface area contributed by atoms with Crippen molar-refractivity contribution in [2.24, 2.45) is 0 Å². The lowest BCUT2D eigenvalue weighted by atomic mass is 9.99. The van der Waals surface area contributed by atoms with Gasteiger partial charge in [0.15, 0.2) is 0 Å².